The second-order valence-electron chi connectivity index (χ2n) is 5.57. The summed E-state index contributed by atoms with van der Waals surface area (Å²) in [5.74, 6) is 1.16. The fourth-order valence-electron chi connectivity index (χ4n) is 1.96. The van der Waals surface area contributed by atoms with Gasteiger partial charge < -0.3 is 0 Å². The lowest BCUT2D eigenvalue weighted by atomic mass is 9.85. The Labute approximate surface area is 120 Å². The number of terminal acetylenes is 1. The van der Waals surface area contributed by atoms with E-state index in [1.54, 1.807) is 13.8 Å². The van der Waals surface area contributed by atoms with Crippen molar-refractivity contribution in [1.82, 2.24) is 10.0 Å². The zero-order chi connectivity index (χ0) is 15.3. The van der Waals surface area contributed by atoms with E-state index in [9.17, 15) is 14.4 Å². The van der Waals surface area contributed by atoms with Crippen molar-refractivity contribution in [3.8, 4) is 12.3 Å². The summed E-state index contributed by atoms with van der Waals surface area (Å²) in [4.78, 5) is 36.5. The summed E-state index contributed by atoms with van der Waals surface area (Å²) < 4.78 is 0. The Morgan fingerprint density at radius 2 is 1.80 bits per heavy atom. The van der Waals surface area contributed by atoms with Crippen LogP contribution in [0.25, 0.3) is 0 Å². The molecule has 1 saturated heterocycles. The van der Waals surface area contributed by atoms with Crippen molar-refractivity contribution in [2.75, 3.05) is 13.1 Å². The molecule has 0 aliphatic carbocycles. The molecule has 1 heterocycles. The molecule has 0 aromatic rings. The first kappa shape index (κ1) is 16.2. The molecule has 0 saturated carbocycles. The van der Waals surface area contributed by atoms with Crippen molar-refractivity contribution in [2.24, 2.45) is 5.41 Å². The number of ketones is 1. The van der Waals surface area contributed by atoms with E-state index < -0.39 is 17.1 Å². The van der Waals surface area contributed by atoms with Gasteiger partial charge in [0.2, 0.25) is 11.7 Å². The smallest absolute Gasteiger partial charge is 0.288 e. The summed E-state index contributed by atoms with van der Waals surface area (Å²) >= 11 is 0. The number of amides is 2. The number of hydrogen-bond donors (Lipinski definition) is 0. The first-order chi connectivity index (χ1) is 9.35. The first-order valence-corrected chi connectivity index (χ1v) is 6.95. The number of Topliss-reactive ketones (excluding diaryl/α,β-unsaturated/α-hetero) is 1. The van der Waals surface area contributed by atoms with Gasteiger partial charge in [-0.05, 0) is 12.8 Å². The van der Waals surface area contributed by atoms with Crippen LogP contribution in [0.2, 0.25) is 0 Å². The van der Waals surface area contributed by atoms with E-state index in [4.69, 9.17) is 6.42 Å². The highest BCUT2D eigenvalue weighted by atomic mass is 16.2. The second-order valence-corrected chi connectivity index (χ2v) is 5.57. The number of carbonyl (C=O) groups is 3. The van der Waals surface area contributed by atoms with Crippen molar-refractivity contribution in [2.45, 2.75) is 46.5 Å². The molecule has 1 fully saturated rings. The molecule has 0 spiro atoms. The van der Waals surface area contributed by atoms with Crippen LogP contribution in [0.5, 0.6) is 0 Å². The minimum absolute atomic E-state index is 0.198. The van der Waals surface area contributed by atoms with Crippen molar-refractivity contribution >= 4 is 17.6 Å². The van der Waals surface area contributed by atoms with Gasteiger partial charge in [-0.3, -0.25) is 19.4 Å². The van der Waals surface area contributed by atoms with Gasteiger partial charge in [0.05, 0.1) is 0 Å². The SMILES string of the molecule is C#CCCC(=O)N1CCCN1C(=O)C(=O)C(C)(C)CC. The van der Waals surface area contributed by atoms with Gasteiger partial charge in [-0.15, -0.1) is 12.3 Å². The van der Waals surface area contributed by atoms with Crippen LogP contribution in [-0.4, -0.2) is 40.7 Å². The second kappa shape index (κ2) is 6.56. The van der Waals surface area contributed by atoms with Crippen LogP contribution in [0.15, 0.2) is 0 Å². The van der Waals surface area contributed by atoms with E-state index in [1.165, 1.54) is 10.0 Å². The minimum atomic E-state index is -0.701. The molecule has 20 heavy (non-hydrogen) atoms. The lowest BCUT2D eigenvalue weighted by Crippen LogP contribution is -2.50. The molecule has 1 aliphatic heterocycles. The van der Waals surface area contributed by atoms with Crippen molar-refractivity contribution < 1.29 is 14.4 Å². The third-order valence-corrected chi connectivity index (χ3v) is 3.73. The lowest BCUT2D eigenvalue weighted by Gasteiger charge is -2.30. The van der Waals surface area contributed by atoms with Crippen LogP contribution in [0, 0.1) is 17.8 Å². The third-order valence-electron chi connectivity index (χ3n) is 3.73. The molecular weight excluding hydrogens is 256 g/mol. The molecule has 0 aromatic heterocycles. The van der Waals surface area contributed by atoms with Crippen LogP contribution >= 0.6 is 0 Å². The van der Waals surface area contributed by atoms with Crippen LogP contribution < -0.4 is 0 Å². The van der Waals surface area contributed by atoms with Crippen molar-refractivity contribution in [3.63, 3.8) is 0 Å². The molecule has 0 N–H and O–H groups in total. The Kier molecular flexibility index (Phi) is 5.32. The summed E-state index contributed by atoms with van der Waals surface area (Å²) in [6.45, 7) is 6.23. The maximum absolute atomic E-state index is 12.3. The fraction of sp³-hybridized carbons (Fsp3) is 0.667. The predicted octanol–water partition coefficient (Wildman–Crippen LogP) is 1.38. The topological polar surface area (TPSA) is 57.7 Å². The molecule has 0 bridgehead atoms. The molecule has 1 rings (SSSR count). The molecule has 5 heteroatoms. The highest BCUT2D eigenvalue weighted by Crippen LogP contribution is 2.24. The van der Waals surface area contributed by atoms with E-state index >= 15 is 0 Å². The standard InChI is InChI=1S/C15H22N2O3/c1-5-7-9-12(18)16-10-8-11-17(16)14(20)13(19)15(3,4)6-2/h1H,6-11H2,2-4H3. The average Bonchev–Trinajstić information content (AvgIpc) is 2.92. The van der Waals surface area contributed by atoms with Gasteiger partial charge in [-0.25, -0.2) is 5.01 Å². The fourth-order valence-corrected chi connectivity index (χ4v) is 1.96. The van der Waals surface area contributed by atoms with E-state index in [0.717, 1.165) is 0 Å². The zero-order valence-corrected chi connectivity index (χ0v) is 12.4. The Balaban J connectivity index is 2.79. The predicted molar refractivity (Wildman–Crippen MR) is 75.2 cm³/mol. The van der Waals surface area contributed by atoms with Gasteiger partial charge in [-0.1, -0.05) is 20.8 Å². The number of nitrogens with zero attached hydrogens (tertiary/aromatic N) is 2. The molecule has 110 valence electrons. The summed E-state index contributed by atoms with van der Waals surface area (Å²) in [6, 6.07) is 0. The minimum Gasteiger partial charge on any atom is -0.288 e. The normalized spacial score (nSPS) is 15.1. The van der Waals surface area contributed by atoms with Crippen LogP contribution in [0.3, 0.4) is 0 Å². The van der Waals surface area contributed by atoms with Gasteiger partial charge in [0.1, 0.15) is 0 Å². The largest absolute Gasteiger partial charge is 0.309 e. The van der Waals surface area contributed by atoms with Gasteiger partial charge in [-0.2, -0.15) is 0 Å². The summed E-state index contributed by atoms with van der Waals surface area (Å²) in [6.07, 6.45) is 6.94. The van der Waals surface area contributed by atoms with Gasteiger partial charge in [0, 0.05) is 31.3 Å². The van der Waals surface area contributed by atoms with E-state index in [0.29, 0.717) is 32.4 Å². The summed E-state index contributed by atoms with van der Waals surface area (Å²) in [7, 11) is 0. The maximum Gasteiger partial charge on any atom is 0.309 e. The lowest BCUT2D eigenvalue weighted by molar-refractivity contribution is -0.164. The van der Waals surface area contributed by atoms with Gasteiger partial charge >= 0.3 is 5.91 Å². The van der Waals surface area contributed by atoms with E-state index in [1.807, 2.05) is 6.92 Å². The summed E-state index contributed by atoms with van der Waals surface area (Å²) in [5.41, 5.74) is -0.701. The zero-order valence-electron chi connectivity index (χ0n) is 12.4. The maximum atomic E-state index is 12.3. The molecule has 0 radical (unpaired) electrons. The molecule has 1 aliphatic rings. The Morgan fingerprint density at radius 3 is 2.35 bits per heavy atom. The van der Waals surface area contributed by atoms with Crippen LogP contribution in [0.4, 0.5) is 0 Å². The molecule has 0 aromatic carbocycles. The highest BCUT2D eigenvalue weighted by molar-refractivity contribution is 6.38. The monoisotopic (exact) mass is 278 g/mol. The Morgan fingerprint density at radius 1 is 1.20 bits per heavy atom. The number of hydrogen-bond acceptors (Lipinski definition) is 3. The van der Waals surface area contributed by atoms with Crippen LogP contribution in [0.1, 0.15) is 46.5 Å². The Hall–Kier alpha value is -1.83. The molecule has 5 nitrogen and oxygen atoms in total. The average molecular weight is 278 g/mol. The quantitative estimate of drug-likeness (QED) is 0.564. The number of hydrazine groups is 1. The molecule has 0 unspecified atom stereocenters. The van der Waals surface area contributed by atoms with Crippen LogP contribution in [-0.2, 0) is 14.4 Å². The Bertz CT molecular complexity index is 449. The van der Waals surface area contributed by atoms with Gasteiger partial charge in [0.15, 0.2) is 0 Å². The molecule has 0 atom stereocenters. The van der Waals surface area contributed by atoms with Crippen molar-refractivity contribution in [3.05, 3.63) is 0 Å². The number of carbonyl (C=O) groups excluding carboxylic acids is 3. The first-order valence-electron chi connectivity index (χ1n) is 6.95. The van der Waals surface area contributed by atoms with E-state index in [2.05, 4.69) is 5.92 Å². The highest BCUT2D eigenvalue weighted by Gasteiger charge is 2.39. The molecule has 2 amide bonds. The van der Waals surface area contributed by atoms with E-state index in [-0.39, 0.29) is 12.3 Å². The third kappa shape index (κ3) is 3.38. The number of rotatable bonds is 5. The van der Waals surface area contributed by atoms with Crippen molar-refractivity contribution in [1.29, 1.82) is 0 Å². The van der Waals surface area contributed by atoms with Gasteiger partial charge in [0.25, 0.3) is 0 Å². The summed E-state index contributed by atoms with van der Waals surface area (Å²) in [5, 5.41) is 2.64. The molecular formula is C15H22N2O3.